The fraction of sp³-hybridized carbons (Fsp3) is 0.235. The van der Waals surface area contributed by atoms with Gasteiger partial charge in [0.15, 0.2) is 0 Å². The van der Waals surface area contributed by atoms with E-state index in [0.717, 1.165) is 15.8 Å². The normalized spacial score (nSPS) is 10.3. The summed E-state index contributed by atoms with van der Waals surface area (Å²) in [6, 6.07) is 11.9. The van der Waals surface area contributed by atoms with Crippen LogP contribution in [-0.4, -0.2) is 12.5 Å². The number of anilines is 2. The van der Waals surface area contributed by atoms with Crippen LogP contribution in [0.2, 0.25) is 0 Å². The molecular weight excluding hydrogens is 328 g/mol. The predicted octanol–water partition coefficient (Wildman–Crippen LogP) is 4.42. The molecule has 110 valence electrons. The van der Waals surface area contributed by atoms with E-state index in [1.807, 2.05) is 50.2 Å². The molecule has 0 atom stereocenters. The van der Waals surface area contributed by atoms with Gasteiger partial charge in [0.1, 0.15) is 0 Å². The molecule has 0 unspecified atom stereocenters. The minimum Gasteiger partial charge on any atom is -0.375 e. The summed E-state index contributed by atoms with van der Waals surface area (Å²) >= 11 is 3.49. The monoisotopic (exact) mass is 346 g/mol. The zero-order chi connectivity index (χ0) is 15.4. The molecule has 0 bridgehead atoms. The van der Waals surface area contributed by atoms with Crippen molar-refractivity contribution in [2.45, 2.75) is 20.8 Å². The van der Waals surface area contributed by atoms with Crippen LogP contribution in [-0.2, 0) is 4.79 Å². The molecule has 0 aromatic heterocycles. The summed E-state index contributed by atoms with van der Waals surface area (Å²) in [5.74, 6) is -0.0641. The number of rotatable bonds is 4. The second-order valence-corrected chi connectivity index (χ2v) is 6.04. The first-order chi connectivity index (χ1) is 9.95. The number of amides is 1. The molecule has 0 aliphatic rings. The van der Waals surface area contributed by atoms with Gasteiger partial charge in [-0.05, 0) is 77.7 Å². The number of aryl methyl sites for hydroxylation is 3. The molecule has 0 fully saturated rings. The molecule has 1 amide bonds. The Morgan fingerprint density at radius 1 is 1.05 bits per heavy atom. The van der Waals surface area contributed by atoms with Crippen molar-refractivity contribution in [3.63, 3.8) is 0 Å². The van der Waals surface area contributed by atoms with Gasteiger partial charge in [0.05, 0.1) is 6.54 Å². The fourth-order valence-electron chi connectivity index (χ4n) is 1.96. The first-order valence-electron chi connectivity index (χ1n) is 6.83. The van der Waals surface area contributed by atoms with Crippen LogP contribution >= 0.6 is 15.9 Å². The third kappa shape index (κ3) is 4.33. The highest BCUT2D eigenvalue weighted by Crippen LogP contribution is 2.23. The van der Waals surface area contributed by atoms with Gasteiger partial charge in [0.25, 0.3) is 0 Å². The summed E-state index contributed by atoms with van der Waals surface area (Å²) in [6.45, 7) is 6.35. The lowest BCUT2D eigenvalue weighted by Crippen LogP contribution is -2.21. The topological polar surface area (TPSA) is 41.1 Å². The second-order valence-electron chi connectivity index (χ2n) is 5.18. The third-order valence-electron chi connectivity index (χ3n) is 3.35. The van der Waals surface area contributed by atoms with Gasteiger partial charge in [-0.2, -0.15) is 0 Å². The van der Waals surface area contributed by atoms with E-state index in [9.17, 15) is 4.79 Å². The average Bonchev–Trinajstić information content (AvgIpc) is 2.42. The zero-order valence-corrected chi connectivity index (χ0v) is 14.0. The first-order valence-corrected chi connectivity index (χ1v) is 7.62. The summed E-state index contributed by atoms with van der Waals surface area (Å²) in [5.41, 5.74) is 5.30. The number of nitrogens with one attached hydrogen (secondary N) is 2. The summed E-state index contributed by atoms with van der Waals surface area (Å²) in [7, 11) is 0. The number of hydrogen-bond acceptors (Lipinski definition) is 2. The van der Waals surface area contributed by atoms with Crippen LogP contribution in [0.15, 0.2) is 40.9 Å². The number of carbonyl (C=O) groups is 1. The molecule has 0 heterocycles. The smallest absolute Gasteiger partial charge is 0.243 e. The van der Waals surface area contributed by atoms with E-state index in [1.54, 1.807) is 0 Å². The molecule has 2 N–H and O–H groups in total. The van der Waals surface area contributed by atoms with Crippen LogP contribution in [0.1, 0.15) is 16.7 Å². The molecule has 0 aliphatic carbocycles. The number of benzene rings is 2. The molecule has 21 heavy (non-hydrogen) atoms. The Bertz CT molecular complexity index is 668. The molecule has 2 aromatic rings. The molecule has 0 radical (unpaired) electrons. The zero-order valence-electron chi connectivity index (χ0n) is 12.5. The van der Waals surface area contributed by atoms with Crippen molar-refractivity contribution < 1.29 is 4.79 Å². The molecule has 0 aliphatic heterocycles. The van der Waals surface area contributed by atoms with Gasteiger partial charge in [-0.15, -0.1) is 0 Å². The average molecular weight is 347 g/mol. The lowest BCUT2D eigenvalue weighted by atomic mass is 10.1. The van der Waals surface area contributed by atoms with E-state index < -0.39 is 0 Å². The van der Waals surface area contributed by atoms with Crippen LogP contribution in [0, 0.1) is 20.8 Å². The maximum atomic E-state index is 12.0. The SMILES string of the molecule is Cc1ccc(NCC(=O)Nc2ccc(C)c(C)c2)c(Br)c1. The Morgan fingerprint density at radius 2 is 1.81 bits per heavy atom. The largest absolute Gasteiger partial charge is 0.375 e. The van der Waals surface area contributed by atoms with Gasteiger partial charge in [-0.1, -0.05) is 12.1 Å². The third-order valence-corrected chi connectivity index (χ3v) is 4.01. The van der Waals surface area contributed by atoms with E-state index in [0.29, 0.717) is 0 Å². The maximum absolute atomic E-state index is 12.0. The Kier molecular flexibility index (Phi) is 5.02. The Morgan fingerprint density at radius 3 is 2.48 bits per heavy atom. The van der Waals surface area contributed by atoms with Crippen molar-refractivity contribution in [2.75, 3.05) is 17.2 Å². The van der Waals surface area contributed by atoms with Gasteiger partial charge in [-0.25, -0.2) is 0 Å². The lowest BCUT2D eigenvalue weighted by molar-refractivity contribution is -0.114. The van der Waals surface area contributed by atoms with Crippen molar-refractivity contribution in [1.82, 2.24) is 0 Å². The minimum atomic E-state index is -0.0641. The van der Waals surface area contributed by atoms with Crippen molar-refractivity contribution >= 4 is 33.2 Å². The van der Waals surface area contributed by atoms with Crippen molar-refractivity contribution in [2.24, 2.45) is 0 Å². The highest BCUT2D eigenvalue weighted by molar-refractivity contribution is 9.10. The Balaban J connectivity index is 1.94. The van der Waals surface area contributed by atoms with E-state index in [2.05, 4.69) is 33.5 Å². The molecule has 2 rings (SSSR count). The standard InChI is InChI=1S/C17H19BrN2O/c1-11-4-7-16(15(18)8-11)19-10-17(21)20-14-6-5-12(2)13(3)9-14/h4-9,19H,10H2,1-3H3,(H,20,21). The van der Waals surface area contributed by atoms with Crippen LogP contribution in [0.5, 0.6) is 0 Å². The molecule has 3 nitrogen and oxygen atoms in total. The van der Waals surface area contributed by atoms with E-state index in [-0.39, 0.29) is 12.5 Å². The van der Waals surface area contributed by atoms with Crippen molar-refractivity contribution in [1.29, 1.82) is 0 Å². The number of carbonyl (C=O) groups excluding carboxylic acids is 1. The maximum Gasteiger partial charge on any atom is 0.243 e. The van der Waals surface area contributed by atoms with Crippen LogP contribution in [0.25, 0.3) is 0 Å². The second kappa shape index (κ2) is 6.76. The fourth-order valence-corrected chi connectivity index (χ4v) is 2.60. The van der Waals surface area contributed by atoms with Gasteiger partial charge >= 0.3 is 0 Å². The van der Waals surface area contributed by atoms with Gasteiger partial charge in [-0.3, -0.25) is 4.79 Å². The number of halogens is 1. The molecule has 0 saturated heterocycles. The summed E-state index contributed by atoms with van der Waals surface area (Å²) < 4.78 is 0.960. The minimum absolute atomic E-state index is 0.0641. The van der Waals surface area contributed by atoms with Crippen molar-refractivity contribution in [3.8, 4) is 0 Å². The molecular formula is C17H19BrN2O. The van der Waals surface area contributed by atoms with E-state index in [4.69, 9.17) is 0 Å². The first kappa shape index (κ1) is 15.6. The van der Waals surface area contributed by atoms with E-state index in [1.165, 1.54) is 16.7 Å². The highest BCUT2D eigenvalue weighted by atomic mass is 79.9. The molecule has 0 spiro atoms. The Labute approximate surface area is 133 Å². The van der Waals surface area contributed by atoms with Crippen LogP contribution in [0.4, 0.5) is 11.4 Å². The van der Waals surface area contributed by atoms with Crippen molar-refractivity contribution in [3.05, 3.63) is 57.6 Å². The van der Waals surface area contributed by atoms with E-state index >= 15 is 0 Å². The van der Waals surface area contributed by atoms with Gasteiger partial charge in [0.2, 0.25) is 5.91 Å². The number of hydrogen-bond donors (Lipinski definition) is 2. The highest BCUT2D eigenvalue weighted by Gasteiger charge is 2.05. The predicted molar refractivity (Wildman–Crippen MR) is 91.9 cm³/mol. The lowest BCUT2D eigenvalue weighted by Gasteiger charge is -2.11. The van der Waals surface area contributed by atoms with Crippen LogP contribution < -0.4 is 10.6 Å². The molecule has 2 aromatic carbocycles. The molecule has 0 saturated carbocycles. The molecule has 4 heteroatoms. The van der Waals surface area contributed by atoms with Gasteiger partial charge in [0, 0.05) is 15.8 Å². The van der Waals surface area contributed by atoms with Gasteiger partial charge < -0.3 is 10.6 Å². The summed E-state index contributed by atoms with van der Waals surface area (Å²) in [6.07, 6.45) is 0. The summed E-state index contributed by atoms with van der Waals surface area (Å²) in [4.78, 5) is 12.0. The Hall–Kier alpha value is -1.81. The van der Waals surface area contributed by atoms with Crippen LogP contribution in [0.3, 0.4) is 0 Å². The summed E-state index contributed by atoms with van der Waals surface area (Å²) in [5, 5.41) is 6.02. The quantitative estimate of drug-likeness (QED) is 0.859.